The van der Waals surface area contributed by atoms with Gasteiger partial charge in [0.25, 0.3) is 0 Å². The zero-order valence-corrected chi connectivity index (χ0v) is 29.7. The van der Waals surface area contributed by atoms with Crippen molar-refractivity contribution in [2.24, 2.45) is 0 Å². The van der Waals surface area contributed by atoms with Crippen LogP contribution in [0.2, 0.25) is 0 Å². The predicted molar refractivity (Wildman–Crippen MR) is 222 cm³/mol. The summed E-state index contributed by atoms with van der Waals surface area (Å²) < 4.78 is 8.94. The van der Waals surface area contributed by atoms with Crippen LogP contribution in [0.4, 0.5) is 17.1 Å². The first-order chi connectivity index (χ1) is 25.5. The summed E-state index contributed by atoms with van der Waals surface area (Å²) in [4.78, 5) is 2.43. The predicted octanol–water partition coefficient (Wildman–Crippen LogP) is 14.6. The Kier molecular flexibility index (Phi) is 6.21. The minimum absolute atomic E-state index is 0.0981. The van der Waals surface area contributed by atoms with E-state index in [0.717, 1.165) is 33.3 Å². The Morgan fingerprint density at radius 3 is 2.13 bits per heavy atom. The quantitative estimate of drug-likeness (QED) is 0.184. The molecule has 0 saturated carbocycles. The van der Waals surface area contributed by atoms with Crippen LogP contribution in [0.15, 0.2) is 168 Å². The minimum atomic E-state index is -0.0981. The summed E-state index contributed by atoms with van der Waals surface area (Å²) >= 11 is 1.87. The van der Waals surface area contributed by atoms with E-state index in [-0.39, 0.29) is 5.41 Å². The molecule has 11 rings (SSSR count). The molecule has 0 aliphatic heterocycles. The molecule has 0 spiro atoms. The maximum atomic E-state index is 6.26. The van der Waals surface area contributed by atoms with Crippen LogP contribution in [0.25, 0.3) is 75.1 Å². The van der Waals surface area contributed by atoms with Gasteiger partial charge in [0, 0.05) is 53.3 Å². The molecule has 0 amide bonds. The summed E-state index contributed by atoms with van der Waals surface area (Å²) in [5, 5.41) is 7.52. The molecule has 1 aliphatic rings. The van der Waals surface area contributed by atoms with Crippen LogP contribution in [0.3, 0.4) is 0 Å². The van der Waals surface area contributed by atoms with Crippen LogP contribution in [0.1, 0.15) is 25.0 Å². The number of hydrogen-bond donors (Lipinski definition) is 0. The van der Waals surface area contributed by atoms with Crippen LogP contribution in [0.5, 0.6) is 0 Å². The zero-order valence-electron chi connectivity index (χ0n) is 28.9. The number of benzene rings is 8. The average molecular weight is 684 g/mol. The molecule has 0 N–H and O–H groups in total. The molecule has 2 aromatic heterocycles. The third-order valence-corrected chi connectivity index (χ3v) is 12.4. The van der Waals surface area contributed by atoms with Gasteiger partial charge in [-0.1, -0.05) is 117 Å². The van der Waals surface area contributed by atoms with Gasteiger partial charge >= 0.3 is 0 Å². The summed E-state index contributed by atoms with van der Waals surface area (Å²) in [6.07, 6.45) is 0. The molecule has 2 heterocycles. The van der Waals surface area contributed by atoms with Crippen molar-refractivity contribution in [2.45, 2.75) is 19.3 Å². The molecular weight excluding hydrogens is 651 g/mol. The van der Waals surface area contributed by atoms with Gasteiger partial charge in [0.15, 0.2) is 0 Å². The van der Waals surface area contributed by atoms with Gasteiger partial charge < -0.3 is 9.32 Å². The van der Waals surface area contributed by atoms with Crippen LogP contribution in [-0.2, 0) is 5.41 Å². The number of fused-ring (bicyclic) bond motifs is 11. The summed E-state index contributed by atoms with van der Waals surface area (Å²) in [5.74, 6) is 0. The molecule has 0 saturated heterocycles. The second-order valence-electron chi connectivity index (χ2n) is 14.5. The maximum absolute atomic E-state index is 6.26. The van der Waals surface area contributed by atoms with E-state index in [9.17, 15) is 0 Å². The fourth-order valence-corrected chi connectivity index (χ4v) is 9.86. The largest absolute Gasteiger partial charge is 0.456 e. The third-order valence-electron chi connectivity index (χ3n) is 11.3. The summed E-state index contributed by atoms with van der Waals surface area (Å²) in [6, 6.07) is 60.0. The van der Waals surface area contributed by atoms with E-state index in [2.05, 4.69) is 170 Å². The lowest BCUT2D eigenvalue weighted by Gasteiger charge is -2.29. The molecule has 8 aromatic carbocycles. The smallest absolute Gasteiger partial charge is 0.135 e. The fraction of sp³-hybridized carbons (Fsp3) is 0.0612. The van der Waals surface area contributed by atoms with Crippen molar-refractivity contribution >= 4 is 81.3 Å². The number of furan rings is 1. The molecule has 246 valence electrons. The van der Waals surface area contributed by atoms with Gasteiger partial charge in [-0.15, -0.1) is 11.3 Å². The average Bonchev–Trinajstić information content (AvgIpc) is 3.83. The first-order valence-corrected chi connectivity index (χ1v) is 18.7. The lowest BCUT2D eigenvalue weighted by molar-refractivity contribution is 0.660. The highest BCUT2D eigenvalue weighted by atomic mass is 32.1. The first-order valence-electron chi connectivity index (χ1n) is 17.9. The second kappa shape index (κ2) is 10.9. The topological polar surface area (TPSA) is 16.4 Å². The molecule has 0 fully saturated rings. The van der Waals surface area contributed by atoms with E-state index in [0.29, 0.717) is 0 Å². The van der Waals surface area contributed by atoms with Gasteiger partial charge in [-0.2, -0.15) is 0 Å². The Morgan fingerprint density at radius 1 is 0.500 bits per heavy atom. The van der Waals surface area contributed by atoms with Crippen molar-refractivity contribution in [3.05, 3.63) is 175 Å². The third kappa shape index (κ3) is 4.23. The SMILES string of the molecule is CC1(C)c2ccccc2-c2c(N(c3ccc(-c4ccc5c(ccc6sc7ccccc7c65)c4)cc3)c3ccc4oc5ccccc5c4c3)cccc21. The van der Waals surface area contributed by atoms with Gasteiger partial charge in [-0.25, -0.2) is 0 Å². The van der Waals surface area contributed by atoms with E-state index in [1.54, 1.807) is 0 Å². The lowest BCUT2D eigenvalue weighted by atomic mass is 9.82. The lowest BCUT2D eigenvalue weighted by Crippen LogP contribution is -2.16. The number of thiophene rings is 1. The van der Waals surface area contributed by atoms with Gasteiger partial charge in [-0.05, 0) is 99.3 Å². The number of rotatable bonds is 4. The molecule has 0 unspecified atom stereocenters. The summed E-state index contributed by atoms with van der Waals surface area (Å²) in [5.41, 5.74) is 12.8. The van der Waals surface area contributed by atoms with E-state index < -0.39 is 0 Å². The van der Waals surface area contributed by atoms with Gasteiger partial charge in [0.05, 0.1) is 5.69 Å². The second-order valence-corrected chi connectivity index (χ2v) is 15.6. The summed E-state index contributed by atoms with van der Waals surface area (Å²) in [7, 11) is 0. The van der Waals surface area contributed by atoms with Crippen molar-refractivity contribution < 1.29 is 4.42 Å². The maximum Gasteiger partial charge on any atom is 0.135 e. The van der Waals surface area contributed by atoms with Crippen LogP contribution >= 0.6 is 11.3 Å². The zero-order chi connectivity index (χ0) is 34.6. The Labute approximate surface area is 305 Å². The van der Waals surface area contributed by atoms with E-state index in [4.69, 9.17) is 4.42 Å². The van der Waals surface area contributed by atoms with Gasteiger partial charge in [0.1, 0.15) is 11.2 Å². The number of anilines is 3. The molecular formula is C49H33NOS. The van der Waals surface area contributed by atoms with E-state index in [1.165, 1.54) is 70.0 Å². The van der Waals surface area contributed by atoms with Crippen LogP contribution in [-0.4, -0.2) is 0 Å². The number of para-hydroxylation sites is 1. The normalized spacial score (nSPS) is 13.3. The standard InChI is InChI=1S/C49H33NOS/c1-49(2)40-13-6-3-11-37(40)48-41(49)14-9-15-42(48)50(34-24-26-44-39(29-34)36-10-4-7-16-43(36)51-44)33-22-18-30(19-23-33)31-20-25-35-32(28-31)21-27-46-47(35)38-12-5-8-17-45(38)52-46/h3-29H,1-2H3. The Morgan fingerprint density at radius 2 is 1.23 bits per heavy atom. The van der Waals surface area contributed by atoms with Crippen LogP contribution < -0.4 is 4.90 Å². The monoisotopic (exact) mass is 683 g/mol. The van der Waals surface area contributed by atoms with Crippen molar-refractivity contribution in [1.29, 1.82) is 0 Å². The molecule has 0 bridgehead atoms. The van der Waals surface area contributed by atoms with Crippen molar-refractivity contribution in [1.82, 2.24) is 0 Å². The van der Waals surface area contributed by atoms with Crippen molar-refractivity contribution in [2.75, 3.05) is 4.90 Å². The Balaban J connectivity index is 1.08. The molecule has 0 radical (unpaired) electrons. The molecule has 52 heavy (non-hydrogen) atoms. The van der Waals surface area contributed by atoms with E-state index in [1.807, 2.05) is 23.5 Å². The molecule has 10 aromatic rings. The Bertz CT molecular complexity index is 3050. The first kappa shape index (κ1) is 29.6. The van der Waals surface area contributed by atoms with E-state index >= 15 is 0 Å². The van der Waals surface area contributed by atoms with Crippen molar-refractivity contribution in [3.63, 3.8) is 0 Å². The summed E-state index contributed by atoms with van der Waals surface area (Å²) in [6.45, 7) is 4.69. The Hall–Kier alpha value is -6.16. The highest BCUT2D eigenvalue weighted by Gasteiger charge is 2.37. The highest BCUT2D eigenvalue weighted by Crippen LogP contribution is 2.54. The van der Waals surface area contributed by atoms with Crippen molar-refractivity contribution in [3.8, 4) is 22.3 Å². The molecule has 0 atom stereocenters. The van der Waals surface area contributed by atoms with Gasteiger partial charge in [0.2, 0.25) is 0 Å². The number of nitrogens with zero attached hydrogens (tertiary/aromatic N) is 1. The highest BCUT2D eigenvalue weighted by molar-refractivity contribution is 7.26. The number of hydrogen-bond acceptors (Lipinski definition) is 3. The molecule has 2 nitrogen and oxygen atoms in total. The minimum Gasteiger partial charge on any atom is -0.456 e. The fourth-order valence-electron chi connectivity index (χ4n) is 8.74. The molecule has 1 aliphatic carbocycles. The van der Waals surface area contributed by atoms with Gasteiger partial charge in [-0.3, -0.25) is 0 Å². The van der Waals surface area contributed by atoms with Crippen LogP contribution in [0, 0.1) is 0 Å². The molecule has 3 heteroatoms.